The summed E-state index contributed by atoms with van der Waals surface area (Å²) in [5, 5.41) is 0. The molecule has 0 aromatic carbocycles. The van der Waals surface area contributed by atoms with Gasteiger partial charge in [-0.2, -0.15) is 0 Å². The van der Waals surface area contributed by atoms with Gasteiger partial charge in [0.2, 0.25) is 0 Å². The van der Waals surface area contributed by atoms with Crippen molar-refractivity contribution in [3.63, 3.8) is 0 Å². The Kier molecular flexibility index (Phi) is 2.52. The van der Waals surface area contributed by atoms with Crippen molar-refractivity contribution in [3.8, 4) is 0 Å². The fourth-order valence-corrected chi connectivity index (χ4v) is 10.3. The normalized spacial score (nSPS) is 21.4. The SMILES string of the molecule is [CH3][Sn]([CH3])([I])[CH2]C1CC1. The molecule has 0 aromatic heterocycles. The van der Waals surface area contributed by atoms with Crippen LogP contribution in [0.25, 0.3) is 0 Å². The molecule has 1 rings (SSSR count). The second-order valence-electron chi connectivity index (χ2n) is 3.37. The van der Waals surface area contributed by atoms with Crippen LogP contribution in [0.15, 0.2) is 0 Å². The Labute approximate surface area is 65.5 Å². The van der Waals surface area contributed by atoms with Crippen LogP contribution in [0.1, 0.15) is 12.8 Å². The van der Waals surface area contributed by atoms with Crippen LogP contribution in [-0.4, -0.2) is 14.4 Å². The van der Waals surface area contributed by atoms with Crippen molar-refractivity contribution in [2.24, 2.45) is 5.92 Å². The van der Waals surface area contributed by atoms with Gasteiger partial charge in [0.1, 0.15) is 0 Å². The van der Waals surface area contributed by atoms with Gasteiger partial charge in [-0.1, -0.05) is 0 Å². The van der Waals surface area contributed by atoms with Crippen molar-refractivity contribution in [1.82, 2.24) is 0 Å². The molecule has 0 atom stereocenters. The van der Waals surface area contributed by atoms with E-state index in [4.69, 9.17) is 0 Å². The molecule has 0 bridgehead atoms. The van der Waals surface area contributed by atoms with Crippen LogP contribution in [-0.2, 0) is 0 Å². The molecule has 0 heterocycles. The molecular formula is C6H13ISn. The molecule has 48 valence electrons. The molecule has 1 aliphatic rings. The molecule has 2 heteroatoms. The van der Waals surface area contributed by atoms with E-state index in [9.17, 15) is 0 Å². The third kappa shape index (κ3) is 3.53. The Morgan fingerprint density at radius 3 is 2.12 bits per heavy atom. The Bertz CT molecular complexity index is 81.0. The molecule has 1 fully saturated rings. The maximum atomic E-state index is 2.74. The Morgan fingerprint density at radius 2 is 2.00 bits per heavy atom. The van der Waals surface area contributed by atoms with Crippen LogP contribution in [0.2, 0.25) is 14.3 Å². The number of halogens is 1. The molecule has 0 saturated heterocycles. The van der Waals surface area contributed by atoms with Gasteiger partial charge < -0.3 is 0 Å². The van der Waals surface area contributed by atoms with E-state index in [1.165, 1.54) is 5.92 Å². The Morgan fingerprint density at radius 1 is 1.50 bits per heavy atom. The van der Waals surface area contributed by atoms with Crippen molar-refractivity contribution >= 4 is 33.0 Å². The second kappa shape index (κ2) is 2.64. The first-order valence-corrected chi connectivity index (χ1v) is 19.3. The topological polar surface area (TPSA) is 0 Å². The van der Waals surface area contributed by atoms with E-state index in [0.717, 1.165) is 0 Å². The maximum absolute atomic E-state index is 2.74. The first-order valence-electron chi connectivity index (χ1n) is 3.27. The predicted molar refractivity (Wildman–Crippen MR) is 49.0 cm³/mol. The summed E-state index contributed by atoms with van der Waals surface area (Å²) in [6.07, 6.45) is 3.09. The number of hydrogen-bond acceptors (Lipinski definition) is 0. The van der Waals surface area contributed by atoms with Crippen molar-refractivity contribution in [2.45, 2.75) is 27.2 Å². The fraction of sp³-hybridized carbons (Fsp3) is 1.00. The molecule has 1 saturated carbocycles. The number of rotatable bonds is 2. The average molecular weight is 331 g/mol. The van der Waals surface area contributed by atoms with Gasteiger partial charge in [0.25, 0.3) is 0 Å². The van der Waals surface area contributed by atoms with Crippen LogP contribution >= 0.6 is 18.6 Å². The molecule has 0 aromatic rings. The van der Waals surface area contributed by atoms with Crippen molar-refractivity contribution in [1.29, 1.82) is 0 Å². The van der Waals surface area contributed by atoms with Crippen LogP contribution in [0.4, 0.5) is 0 Å². The summed E-state index contributed by atoms with van der Waals surface area (Å²) in [6.45, 7) is 0. The first kappa shape index (κ1) is 7.63. The quantitative estimate of drug-likeness (QED) is 0.539. The van der Waals surface area contributed by atoms with Gasteiger partial charge in [-0.3, -0.25) is 0 Å². The third-order valence-electron chi connectivity index (χ3n) is 1.47. The van der Waals surface area contributed by atoms with Gasteiger partial charge in [0.05, 0.1) is 0 Å². The van der Waals surface area contributed by atoms with Gasteiger partial charge in [0.15, 0.2) is 0 Å². The summed E-state index contributed by atoms with van der Waals surface area (Å²) in [7, 11) is 0. The molecule has 0 amide bonds. The van der Waals surface area contributed by atoms with Gasteiger partial charge in [-0.15, -0.1) is 0 Å². The van der Waals surface area contributed by atoms with Crippen LogP contribution in [0.5, 0.6) is 0 Å². The van der Waals surface area contributed by atoms with E-state index >= 15 is 0 Å². The van der Waals surface area contributed by atoms with Crippen molar-refractivity contribution < 1.29 is 0 Å². The standard InChI is InChI=1S/C4H7.2CH3.HI.Sn/c1-4-2-3-4;;;;/h4H,1-3H2;2*1H3;1H;/q;;;;+1/p-1. The van der Waals surface area contributed by atoms with Crippen LogP contribution < -0.4 is 0 Å². The number of hydrogen-bond donors (Lipinski definition) is 0. The van der Waals surface area contributed by atoms with Gasteiger partial charge in [-0.05, 0) is 0 Å². The predicted octanol–water partition coefficient (Wildman–Crippen LogP) is 3.04. The second-order valence-corrected chi connectivity index (χ2v) is 33.9. The van der Waals surface area contributed by atoms with E-state index in [1.807, 2.05) is 0 Å². The monoisotopic (exact) mass is 332 g/mol. The molecule has 0 spiro atoms. The van der Waals surface area contributed by atoms with E-state index in [0.29, 0.717) is 0 Å². The van der Waals surface area contributed by atoms with Gasteiger partial charge in [-0.25, -0.2) is 0 Å². The summed E-state index contributed by atoms with van der Waals surface area (Å²) < 4.78 is 1.63. The Balaban J connectivity index is 2.16. The van der Waals surface area contributed by atoms with Gasteiger partial charge in [0, 0.05) is 0 Å². The molecule has 0 nitrogen and oxygen atoms in total. The summed E-state index contributed by atoms with van der Waals surface area (Å²) in [5.41, 5.74) is 0. The zero-order valence-corrected chi connectivity index (χ0v) is 10.6. The minimum absolute atomic E-state index is 1.18. The molecule has 0 aliphatic heterocycles. The third-order valence-corrected chi connectivity index (χ3v) is 8.84. The van der Waals surface area contributed by atoms with Crippen molar-refractivity contribution in [2.75, 3.05) is 0 Å². The average Bonchev–Trinajstić information content (AvgIpc) is 2.12. The molecule has 1 aliphatic carbocycles. The minimum atomic E-state index is -1.32. The first-order chi connectivity index (χ1) is 3.58. The molecule has 0 radical (unpaired) electrons. The van der Waals surface area contributed by atoms with Crippen molar-refractivity contribution in [3.05, 3.63) is 0 Å². The summed E-state index contributed by atoms with van der Waals surface area (Å²) in [5.74, 6) is 1.18. The zero-order chi connectivity index (χ0) is 6.20. The molecule has 0 unspecified atom stereocenters. The van der Waals surface area contributed by atoms with Crippen LogP contribution in [0, 0.1) is 5.92 Å². The fourth-order valence-electron chi connectivity index (χ4n) is 1.01. The van der Waals surface area contributed by atoms with E-state index in [2.05, 4.69) is 28.5 Å². The zero-order valence-electron chi connectivity index (χ0n) is 5.58. The van der Waals surface area contributed by atoms with Crippen LogP contribution in [0.3, 0.4) is 0 Å². The molecule has 8 heavy (non-hydrogen) atoms. The van der Waals surface area contributed by atoms with Gasteiger partial charge >= 0.3 is 66.1 Å². The Hall–Kier alpha value is 1.53. The summed E-state index contributed by atoms with van der Waals surface area (Å²) in [4.78, 5) is 5.04. The summed E-state index contributed by atoms with van der Waals surface area (Å²) in [6, 6.07) is 0. The summed E-state index contributed by atoms with van der Waals surface area (Å²) >= 11 is 1.42. The molecule has 0 N–H and O–H groups in total. The van der Waals surface area contributed by atoms with E-state index in [-0.39, 0.29) is 0 Å². The molecular weight excluding hydrogens is 318 g/mol. The van der Waals surface area contributed by atoms with E-state index in [1.54, 1.807) is 17.3 Å². The van der Waals surface area contributed by atoms with E-state index < -0.39 is 14.4 Å².